The Bertz CT molecular complexity index is 661. The van der Waals surface area contributed by atoms with E-state index in [4.69, 9.17) is 4.74 Å². The van der Waals surface area contributed by atoms with Crippen molar-refractivity contribution in [3.8, 4) is 5.88 Å². The smallest absolute Gasteiger partial charge is 0.243 e. The molecule has 136 valence electrons. The van der Waals surface area contributed by atoms with Crippen molar-refractivity contribution in [3.05, 3.63) is 23.4 Å². The molecular formula is C19H27N3O3. The molecule has 0 aromatic carbocycles. The fourth-order valence-corrected chi connectivity index (χ4v) is 3.52. The molecule has 1 aliphatic carbocycles. The number of pyridine rings is 1. The SMILES string of the molecule is COc1nc(C)ccc1CNC(=O)[C@@H]1CCCCN1C(=O)[C@@H]1C[C@H]1C. The zero-order valence-corrected chi connectivity index (χ0v) is 15.2. The van der Waals surface area contributed by atoms with E-state index in [1.807, 2.05) is 19.1 Å². The molecule has 2 amide bonds. The Balaban J connectivity index is 1.64. The molecule has 1 aromatic heterocycles. The summed E-state index contributed by atoms with van der Waals surface area (Å²) in [5.74, 6) is 1.19. The van der Waals surface area contributed by atoms with Gasteiger partial charge in [-0.05, 0) is 44.6 Å². The van der Waals surface area contributed by atoms with Gasteiger partial charge < -0.3 is 15.0 Å². The summed E-state index contributed by atoms with van der Waals surface area (Å²) in [5.41, 5.74) is 1.71. The molecule has 1 aliphatic heterocycles. The van der Waals surface area contributed by atoms with Gasteiger partial charge in [0.2, 0.25) is 17.7 Å². The monoisotopic (exact) mass is 345 g/mol. The second kappa shape index (κ2) is 7.42. The molecule has 0 spiro atoms. The van der Waals surface area contributed by atoms with Crippen LogP contribution >= 0.6 is 0 Å². The minimum atomic E-state index is -0.349. The Kier molecular flexibility index (Phi) is 5.25. The third-order valence-electron chi connectivity index (χ3n) is 5.24. The van der Waals surface area contributed by atoms with E-state index < -0.39 is 0 Å². The van der Waals surface area contributed by atoms with Gasteiger partial charge in [0.1, 0.15) is 6.04 Å². The molecule has 2 heterocycles. The van der Waals surface area contributed by atoms with Gasteiger partial charge in [0.05, 0.1) is 7.11 Å². The number of likely N-dealkylation sites (tertiary alicyclic amines) is 1. The molecule has 0 bridgehead atoms. The first-order chi connectivity index (χ1) is 12.0. The molecule has 2 fully saturated rings. The molecule has 1 aromatic rings. The summed E-state index contributed by atoms with van der Waals surface area (Å²) in [4.78, 5) is 31.5. The third-order valence-corrected chi connectivity index (χ3v) is 5.24. The van der Waals surface area contributed by atoms with Crippen LogP contribution in [0.15, 0.2) is 12.1 Å². The summed E-state index contributed by atoms with van der Waals surface area (Å²) in [5, 5.41) is 2.97. The van der Waals surface area contributed by atoms with Gasteiger partial charge in [-0.3, -0.25) is 9.59 Å². The molecule has 3 rings (SSSR count). The number of aryl methyl sites for hydroxylation is 1. The average Bonchev–Trinajstić information content (AvgIpc) is 3.36. The number of nitrogens with one attached hydrogen (secondary N) is 1. The standard InChI is InChI=1S/C19H27N3O3/c1-12-10-15(12)19(24)22-9-5-4-6-16(22)17(23)20-11-14-8-7-13(2)21-18(14)25-3/h7-8,12,15-16H,4-6,9-11H2,1-3H3,(H,20,23)/t12-,15-,16+/m1/s1. The number of carbonyl (C=O) groups excluding carboxylic acids is 2. The number of rotatable bonds is 5. The number of hydrogen-bond donors (Lipinski definition) is 1. The van der Waals surface area contributed by atoms with Gasteiger partial charge in [0.15, 0.2) is 0 Å². The Hall–Kier alpha value is -2.11. The first-order valence-electron chi connectivity index (χ1n) is 9.10. The van der Waals surface area contributed by atoms with Crippen molar-refractivity contribution in [2.45, 2.75) is 52.1 Å². The Morgan fingerprint density at radius 3 is 2.80 bits per heavy atom. The molecule has 1 saturated heterocycles. The van der Waals surface area contributed by atoms with Crippen molar-refractivity contribution in [2.75, 3.05) is 13.7 Å². The molecule has 1 N–H and O–H groups in total. The van der Waals surface area contributed by atoms with E-state index in [-0.39, 0.29) is 23.8 Å². The minimum absolute atomic E-state index is 0.0796. The normalized spacial score (nSPS) is 25.4. The highest BCUT2D eigenvalue weighted by molar-refractivity contribution is 5.89. The number of ether oxygens (including phenoxy) is 1. The lowest BCUT2D eigenvalue weighted by atomic mass is 10.0. The lowest BCUT2D eigenvalue weighted by Gasteiger charge is -2.35. The summed E-state index contributed by atoms with van der Waals surface area (Å²) in [6.07, 6.45) is 3.65. The van der Waals surface area contributed by atoms with Crippen LogP contribution in [0.5, 0.6) is 5.88 Å². The van der Waals surface area contributed by atoms with Gasteiger partial charge in [-0.2, -0.15) is 0 Å². The molecule has 2 aliphatic rings. The van der Waals surface area contributed by atoms with Crippen LogP contribution in [0.3, 0.4) is 0 Å². The summed E-state index contributed by atoms with van der Waals surface area (Å²) in [6.45, 7) is 5.04. The maximum atomic E-state index is 12.7. The number of amides is 2. The quantitative estimate of drug-likeness (QED) is 0.887. The summed E-state index contributed by atoms with van der Waals surface area (Å²) < 4.78 is 5.29. The van der Waals surface area contributed by atoms with E-state index in [1.165, 1.54) is 0 Å². The Morgan fingerprint density at radius 2 is 2.12 bits per heavy atom. The van der Waals surface area contributed by atoms with Crippen LogP contribution in [0.25, 0.3) is 0 Å². The predicted molar refractivity (Wildman–Crippen MR) is 94.0 cm³/mol. The van der Waals surface area contributed by atoms with Crippen LogP contribution < -0.4 is 10.1 Å². The summed E-state index contributed by atoms with van der Waals surface area (Å²) in [6, 6.07) is 3.46. The largest absolute Gasteiger partial charge is 0.481 e. The second-order valence-corrected chi connectivity index (χ2v) is 7.20. The molecule has 0 radical (unpaired) electrons. The highest BCUT2D eigenvalue weighted by Crippen LogP contribution is 2.40. The van der Waals surface area contributed by atoms with Crippen LogP contribution in [0.1, 0.15) is 43.9 Å². The lowest BCUT2D eigenvalue weighted by molar-refractivity contribution is -0.143. The number of hydrogen-bond acceptors (Lipinski definition) is 4. The average molecular weight is 345 g/mol. The Labute approximate surface area is 148 Å². The van der Waals surface area contributed by atoms with E-state index in [9.17, 15) is 9.59 Å². The van der Waals surface area contributed by atoms with E-state index in [1.54, 1.807) is 12.0 Å². The van der Waals surface area contributed by atoms with Crippen LogP contribution in [-0.4, -0.2) is 41.4 Å². The van der Waals surface area contributed by atoms with E-state index in [2.05, 4.69) is 17.2 Å². The summed E-state index contributed by atoms with van der Waals surface area (Å²) >= 11 is 0. The fourth-order valence-electron chi connectivity index (χ4n) is 3.52. The molecule has 6 nitrogen and oxygen atoms in total. The zero-order chi connectivity index (χ0) is 18.0. The Morgan fingerprint density at radius 1 is 1.36 bits per heavy atom. The van der Waals surface area contributed by atoms with Gasteiger partial charge in [-0.15, -0.1) is 0 Å². The van der Waals surface area contributed by atoms with Gasteiger partial charge >= 0.3 is 0 Å². The van der Waals surface area contributed by atoms with Crippen molar-refractivity contribution in [3.63, 3.8) is 0 Å². The highest BCUT2D eigenvalue weighted by Gasteiger charge is 2.44. The zero-order valence-electron chi connectivity index (χ0n) is 15.2. The van der Waals surface area contributed by atoms with Crippen molar-refractivity contribution >= 4 is 11.8 Å². The van der Waals surface area contributed by atoms with Crippen molar-refractivity contribution in [2.24, 2.45) is 11.8 Å². The molecular weight excluding hydrogens is 318 g/mol. The number of methoxy groups -OCH3 is 1. The van der Waals surface area contributed by atoms with E-state index >= 15 is 0 Å². The highest BCUT2D eigenvalue weighted by atomic mass is 16.5. The summed E-state index contributed by atoms with van der Waals surface area (Å²) in [7, 11) is 1.57. The van der Waals surface area contributed by atoms with Gasteiger partial charge in [-0.1, -0.05) is 13.0 Å². The molecule has 6 heteroatoms. The lowest BCUT2D eigenvalue weighted by Crippen LogP contribution is -2.52. The molecule has 3 atom stereocenters. The van der Waals surface area contributed by atoms with Crippen LogP contribution in [0.4, 0.5) is 0 Å². The van der Waals surface area contributed by atoms with E-state index in [0.29, 0.717) is 24.9 Å². The number of nitrogens with zero attached hydrogens (tertiary/aromatic N) is 2. The maximum Gasteiger partial charge on any atom is 0.243 e. The molecule has 0 unspecified atom stereocenters. The van der Waals surface area contributed by atoms with Gasteiger partial charge in [0, 0.05) is 30.3 Å². The van der Waals surface area contributed by atoms with Crippen LogP contribution in [0, 0.1) is 18.8 Å². The van der Waals surface area contributed by atoms with Gasteiger partial charge in [-0.25, -0.2) is 4.98 Å². The van der Waals surface area contributed by atoms with Crippen molar-refractivity contribution in [1.82, 2.24) is 15.2 Å². The third kappa shape index (κ3) is 3.94. The maximum absolute atomic E-state index is 12.7. The first kappa shape index (κ1) is 17.7. The van der Waals surface area contributed by atoms with E-state index in [0.717, 1.165) is 36.9 Å². The second-order valence-electron chi connectivity index (χ2n) is 7.20. The fraction of sp³-hybridized carbons (Fsp3) is 0.632. The number of carbonyl (C=O) groups is 2. The minimum Gasteiger partial charge on any atom is -0.481 e. The first-order valence-corrected chi connectivity index (χ1v) is 9.10. The topological polar surface area (TPSA) is 71.5 Å². The molecule has 1 saturated carbocycles. The molecule has 25 heavy (non-hydrogen) atoms. The number of piperidine rings is 1. The van der Waals surface area contributed by atoms with Crippen LogP contribution in [0.2, 0.25) is 0 Å². The van der Waals surface area contributed by atoms with Gasteiger partial charge in [0.25, 0.3) is 0 Å². The van der Waals surface area contributed by atoms with Crippen molar-refractivity contribution < 1.29 is 14.3 Å². The number of aromatic nitrogens is 1. The predicted octanol–water partition coefficient (Wildman–Crippen LogP) is 2.05. The van der Waals surface area contributed by atoms with Crippen LogP contribution in [-0.2, 0) is 16.1 Å². The van der Waals surface area contributed by atoms with Crippen molar-refractivity contribution in [1.29, 1.82) is 0 Å².